The Morgan fingerprint density at radius 1 is 1.08 bits per heavy atom. The van der Waals surface area contributed by atoms with Crippen molar-refractivity contribution in [2.75, 3.05) is 29.9 Å². The molecule has 1 aliphatic heterocycles. The van der Waals surface area contributed by atoms with Gasteiger partial charge < -0.3 is 20.3 Å². The van der Waals surface area contributed by atoms with Crippen LogP contribution < -0.4 is 15.5 Å². The number of benzene rings is 2. The van der Waals surface area contributed by atoms with Crippen molar-refractivity contribution in [3.8, 4) is 0 Å². The lowest BCUT2D eigenvalue weighted by Gasteiger charge is -2.32. The van der Waals surface area contributed by atoms with Crippen LogP contribution in [0.25, 0.3) is 0 Å². The van der Waals surface area contributed by atoms with Gasteiger partial charge in [0.1, 0.15) is 6.61 Å². The molecule has 2 aromatic carbocycles. The number of carbonyl (C=O) groups excluding carboxylic acids is 2. The van der Waals surface area contributed by atoms with Crippen LogP contribution in [0.3, 0.4) is 0 Å². The predicted molar refractivity (Wildman–Crippen MR) is 92.0 cm³/mol. The third-order valence-corrected chi connectivity index (χ3v) is 3.72. The Kier molecular flexibility index (Phi) is 5.08. The highest BCUT2D eigenvalue weighted by Gasteiger charge is 2.27. The van der Waals surface area contributed by atoms with Crippen LogP contribution in [-0.2, 0) is 9.53 Å². The molecule has 1 aliphatic rings. The average Bonchev–Trinajstić information content (AvgIpc) is 2.62. The van der Waals surface area contributed by atoms with Gasteiger partial charge in [-0.2, -0.15) is 0 Å². The van der Waals surface area contributed by atoms with Crippen LogP contribution in [0.5, 0.6) is 0 Å². The van der Waals surface area contributed by atoms with E-state index in [-0.39, 0.29) is 24.6 Å². The second kappa shape index (κ2) is 7.61. The molecule has 0 bridgehead atoms. The molecule has 0 aliphatic carbocycles. The second-order valence-corrected chi connectivity index (χ2v) is 5.47. The van der Waals surface area contributed by atoms with Crippen LogP contribution in [0.15, 0.2) is 60.7 Å². The molecule has 2 N–H and O–H groups in total. The number of carbonyl (C=O) groups is 2. The highest BCUT2D eigenvalue weighted by atomic mass is 16.5. The van der Waals surface area contributed by atoms with Crippen molar-refractivity contribution >= 4 is 23.3 Å². The van der Waals surface area contributed by atoms with Gasteiger partial charge in [-0.05, 0) is 24.3 Å². The molecule has 6 heteroatoms. The number of amides is 3. The predicted octanol–water partition coefficient (Wildman–Crippen LogP) is 2.24. The first-order valence-corrected chi connectivity index (χ1v) is 7.79. The first kappa shape index (κ1) is 16.0. The Morgan fingerprint density at radius 2 is 1.75 bits per heavy atom. The number of hydrogen-bond donors (Lipinski definition) is 2. The Hall–Kier alpha value is -2.86. The normalized spacial score (nSPS) is 17.4. The minimum atomic E-state index is -0.298. The Labute approximate surface area is 140 Å². The molecule has 1 atom stereocenters. The zero-order chi connectivity index (χ0) is 16.8. The van der Waals surface area contributed by atoms with Gasteiger partial charge in [0, 0.05) is 17.9 Å². The van der Waals surface area contributed by atoms with Gasteiger partial charge in [0.05, 0.1) is 12.6 Å². The Bertz CT molecular complexity index is 691. The summed E-state index contributed by atoms with van der Waals surface area (Å²) in [5, 5.41) is 5.52. The molecule has 1 saturated heterocycles. The van der Waals surface area contributed by atoms with Crippen LogP contribution in [0.1, 0.15) is 0 Å². The number of ether oxygens (including phenoxy) is 1. The molecule has 1 fully saturated rings. The number of para-hydroxylation sites is 2. The summed E-state index contributed by atoms with van der Waals surface area (Å²) >= 11 is 0. The van der Waals surface area contributed by atoms with E-state index in [0.717, 1.165) is 11.4 Å². The maximum atomic E-state index is 12.0. The first-order valence-electron chi connectivity index (χ1n) is 7.79. The molecule has 1 unspecified atom stereocenters. The summed E-state index contributed by atoms with van der Waals surface area (Å²) < 4.78 is 5.51. The lowest BCUT2D eigenvalue weighted by atomic mass is 10.2. The maximum absolute atomic E-state index is 12.0. The number of rotatable bonds is 4. The largest absolute Gasteiger partial charge is 0.365 e. The van der Waals surface area contributed by atoms with Gasteiger partial charge in [0.2, 0.25) is 0 Å². The van der Waals surface area contributed by atoms with Crippen molar-refractivity contribution in [2.45, 2.75) is 6.10 Å². The van der Waals surface area contributed by atoms with Crippen molar-refractivity contribution in [3.05, 3.63) is 60.7 Å². The molecule has 3 rings (SSSR count). The van der Waals surface area contributed by atoms with E-state index >= 15 is 0 Å². The van der Waals surface area contributed by atoms with Gasteiger partial charge in [-0.25, -0.2) is 4.79 Å². The van der Waals surface area contributed by atoms with Crippen LogP contribution in [0, 0.1) is 0 Å². The van der Waals surface area contributed by atoms with E-state index in [2.05, 4.69) is 10.6 Å². The molecule has 24 heavy (non-hydrogen) atoms. The number of hydrogen-bond acceptors (Lipinski definition) is 3. The van der Waals surface area contributed by atoms with Crippen molar-refractivity contribution in [1.29, 1.82) is 0 Å². The summed E-state index contributed by atoms with van der Waals surface area (Å²) in [6.45, 7) is 0.755. The summed E-state index contributed by atoms with van der Waals surface area (Å²) in [5.74, 6) is -0.0776. The molecule has 0 aromatic heterocycles. The Balaban J connectivity index is 1.52. The summed E-state index contributed by atoms with van der Waals surface area (Å²) in [6.07, 6.45) is -0.246. The van der Waals surface area contributed by atoms with Crippen molar-refractivity contribution in [2.24, 2.45) is 0 Å². The quantitative estimate of drug-likeness (QED) is 0.906. The third-order valence-electron chi connectivity index (χ3n) is 3.72. The molecular weight excluding hydrogens is 306 g/mol. The topological polar surface area (TPSA) is 70.7 Å². The monoisotopic (exact) mass is 325 g/mol. The average molecular weight is 325 g/mol. The molecule has 3 amide bonds. The van der Waals surface area contributed by atoms with E-state index in [0.29, 0.717) is 13.1 Å². The van der Waals surface area contributed by atoms with Crippen LogP contribution in [-0.4, -0.2) is 37.7 Å². The molecular formula is C18H19N3O3. The highest BCUT2D eigenvalue weighted by molar-refractivity contribution is 5.95. The maximum Gasteiger partial charge on any atom is 0.319 e. The fourth-order valence-corrected chi connectivity index (χ4v) is 2.51. The molecule has 0 radical (unpaired) electrons. The molecule has 0 spiro atoms. The van der Waals surface area contributed by atoms with E-state index in [4.69, 9.17) is 4.74 Å². The molecule has 2 aromatic rings. The van der Waals surface area contributed by atoms with Gasteiger partial charge in [0.15, 0.2) is 0 Å². The number of urea groups is 1. The third kappa shape index (κ3) is 4.11. The van der Waals surface area contributed by atoms with E-state index in [9.17, 15) is 9.59 Å². The summed E-state index contributed by atoms with van der Waals surface area (Å²) in [4.78, 5) is 25.6. The molecule has 124 valence electrons. The molecule has 1 heterocycles. The van der Waals surface area contributed by atoms with E-state index < -0.39 is 0 Å². The van der Waals surface area contributed by atoms with Crippen molar-refractivity contribution in [1.82, 2.24) is 5.32 Å². The Morgan fingerprint density at radius 3 is 2.46 bits per heavy atom. The SMILES string of the molecule is O=C(NCC1CN(c2ccccc2)C(=O)CO1)Nc1ccccc1. The van der Waals surface area contributed by atoms with Gasteiger partial charge in [-0.15, -0.1) is 0 Å². The first-order chi connectivity index (χ1) is 11.7. The summed E-state index contributed by atoms with van der Waals surface area (Å²) in [6, 6.07) is 18.4. The minimum absolute atomic E-state index is 0.0154. The second-order valence-electron chi connectivity index (χ2n) is 5.47. The standard InChI is InChI=1S/C18H19N3O3/c22-17-13-24-16(12-21(17)15-9-5-2-6-10-15)11-19-18(23)20-14-7-3-1-4-8-14/h1-10,16H,11-13H2,(H2,19,20,23). The van der Waals surface area contributed by atoms with Gasteiger partial charge in [0.25, 0.3) is 5.91 Å². The van der Waals surface area contributed by atoms with Crippen molar-refractivity contribution < 1.29 is 14.3 Å². The van der Waals surface area contributed by atoms with E-state index in [1.165, 1.54) is 0 Å². The number of nitrogens with one attached hydrogen (secondary N) is 2. The van der Waals surface area contributed by atoms with E-state index in [1.54, 1.807) is 4.90 Å². The lowest BCUT2D eigenvalue weighted by molar-refractivity contribution is -0.129. The zero-order valence-electron chi connectivity index (χ0n) is 13.1. The number of nitrogens with zero attached hydrogens (tertiary/aromatic N) is 1. The van der Waals surface area contributed by atoms with Gasteiger partial charge in [-0.3, -0.25) is 4.79 Å². The van der Waals surface area contributed by atoms with Gasteiger partial charge in [-0.1, -0.05) is 36.4 Å². The van der Waals surface area contributed by atoms with Crippen molar-refractivity contribution in [3.63, 3.8) is 0 Å². The zero-order valence-corrected chi connectivity index (χ0v) is 13.1. The summed E-state index contributed by atoms with van der Waals surface area (Å²) in [7, 11) is 0. The fraction of sp³-hybridized carbons (Fsp3) is 0.222. The van der Waals surface area contributed by atoms with Crippen LogP contribution in [0.2, 0.25) is 0 Å². The minimum Gasteiger partial charge on any atom is -0.365 e. The number of morpholine rings is 1. The molecule has 6 nitrogen and oxygen atoms in total. The number of anilines is 2. The lowest BCUT2D eigenvalue weighted by Crippen LogP contribution is -2.51. The smallest absolute Gasteiger partial charge is 0.319 e. The van der Waals surface area contributed by atoms with Crippen LogP contribution in [0.4, 0.5) is 16.2 Å². The fourth-order valence-electron chi connectivity index (χ4n) is 2.51. The molecule has 0 saturated carbocycles. The van der Waals surface area contributed by atoms with E-state index in [1.807, 2.05) is 60.7 Å². The summed E-state index contributed by atoms with van der Waals surface area (Å²) in [5.41, 5.74) is 1.56. The highest BCUT2D eigenvalue weighted by Crippen LogP contribution is 2.17. The van der Waals surface area contributed by atoms with Crippen LogP contribution >= 0.6 is 0 Å². The van der Waals surface area contributed by atoms with Gasteiger partial charge >= 0.3 is 6.03 Å².